The topological polar surface area (TPSA) is 82.3 Å². The van der Waals surface area contributed by atoms with Gasteiger partial charge in [-0.25, -0.2) is 13.2 Å². The van der Waals surface area contributed by atoms with Crippen LogP contribution in [0.15, 0.2) is 47.4 Å². The Kier molecular flexibility index (Phi) is 5.53. The molecular weight excluding hydrogens is 375 g/mol. The number of nitrogens with one attached hydrogen (secondary N) is 2. The van der Waals surface area contributed by atoms with Gasteiger partial charge in [0.25, 0.3) is 17.7 Å². The first-order chi connectivity index (χ1) is 13.3. The number of halogens is 3. The predicted molar refractivity (Wildman–Crippen MR) is 95.0 cm³/mol. The van der Waals surface area contributed by atoms with E-state index in [-0.39, 0.29) is 28.8 Å². The first-order valence-electron chi connectivity index (χ1n) is 8.60. The number of benzene rings is 1. The molecular formula is C19H18F3N3O3. The van der Waals surface area contributed by atoms with Gasteiger partial charge >= 0.3 is 0 Å². The van der Waals surface area contributed by atoms with Crippen LogP contribution in [0.25, 0.3) is 0 Å². The second-order valence-corrected chi connectivity index (χ2v) is 6.63. The van der Waals surface area contributed by atoms with Gasteiger partial charge in [-0.05, 0) is 17.7 Å². The van der Waals surface area contributed by atoms with Crippen molar-refractivity contribution < 1.29 is 22.8 Å². The van der Waals surface area contributed by atoms with Gasteiger partial charge in [0.2, 0.25) is 0 Å². The number of amides is 2. The van der Waals surface area contributed by atoms with Crippen LogP contribution in [0.5, 0.6) is 0 Å². The number of carbonyl (C=O) groups is 2. The van der Waals surface area contributed by atoms with Gasteiger partial charge in [0.05, 0.1) is 12.6 Å². The molecule has 3 rings (SSSR count). The number of hydrogen-bond donors (Lipinski definition) is 2. The van der Waals surface area contributed by atoms with Crippen molar-refractivity contribution in [2.75, 3.05) is 13.1 Å². The highest BCUT2D eigenvalue weighted by Crippen LogP contribution is 2.33. The summed E-state index contributed by atoms with van der Waals surface area (Å²) in [6, 6.07) is 7.12. The number of hydrogen-bond acceptors (Lipinski definition) is 3. The van der Waals surface area contributed by atoms with E-state index in [1.165, 1.54) is 36.5 Å². The van der Waals surface area contributed by atoms with Crippen LogP contribution in [0.3, 0.4) is 0 Å². The molecule has 0 aliphatic carbocycles. The number of aromatic amines is 1. The van der Waals surface area contributed by atoms with E-state index in [1.807, 2.05) is 0 Å². The fourth-order valence-corrected chi connectivity index (χ4v) is 3.15. The van der Waals surface area contributed by atoms with Crippen LogP contribution in [0, 0.1) is 0 Å². The number of aromatic nitrogens is 1. The minimum Gasteiger partial charge on any atom is -0.357 e. The average molecular weight is 393 g/mol. The van der Waals surface area contributed by atoms with E-state index in [2.05, 4.69) is 10.3 Å². The molecule has 1 aromatic heterocycles. The minimum absolute atomic E-state index is 0.00854. The van der Waals surface area contributed by atoms with Gasteiger partial charge in [-0.2, -0.15) is 0 Å². The third kappa shape index (κ3) is 4.41. The van der Waals surface area contributed by atoms with Crippen molar-refractivity contribution >= 4 is 11.8 Å². The summed E-state index contributed by atoms with van der Waals surface area (Å²) in [4.78, 5) is 39.7. The zero-order valence-corrected chi connectivity index (χ0v) is 14.8. The molecule has 0 bridgehead atoms. The Morgan fingerprint density at radius 1 is 1.25 bits per heavy atom. The van der Waals surface area contributed by atoms with Crippen molar-refractivity contribution in [1.82, 2.24) is 15.2 Å². The maximum atomic E-state index is 14.0. The predicted octanol–water partition coefficient (Wildman–Crippen LogP) is 2.12. The minimum atomic E-state index is -3.09. The molecule has 1 aliphatic rings. The van der Waals surface area contributed by atoms with Crippen molar-refractivity contribution in [3.63, 3.8) is 0 Å². The normalized spacial score (nSPS) is 18.1. The molecule has 2 aromatic rings. The lowest BCUT2D eigenvalue weighted by atomic mass is 10.1. The summed E-state index contributed by atoms with van der Waals surface area (Å²) < 4.78 is 40.7. The second kappa shape index (κ2) is 7.87. The van der Waals surface area contributed by atoms with E-state index < -0.39 is 43.4 Å². The monoisotopic (exact) mass is 393 g/mol. The van der Waals surface area contributed by atoms with E-state index >= 15 is 0 Å². The molecule has 6 nitrogen and oxygen atoms in total. The quantitative estimate of drug-likeness (QED) is 0.817. The molecule has 1 unspecified atom stereocenters. The summed E-state index contributed by atoms with van der Waals surface area (Å²) in [5.41, 5.74) is -0.00196. The van der Waals surface area contributed by atoms with Gasteiger partial charge in [-0.3, -0.25) is 14.4 Å². The van der Waals surface area contributed by atoms with Crippen LogP contribution >= 0.6 is 0 Å². The molecule has 2 heterocycles. The van der Waals surface area contributed by atoms with Crippen LogP contribution in [0.2, 0.25) is 0 Å². The number of rotatable bonds is 5. The number of pyridine rings is 1. The third-order valence-electron chi connectivity index (χ3n) is 4.48. The van der Waals surface area contributed by atoms with Gasteiger partial charge in [0, 0.05) is 36.9 Å². The average Bonchev–Trinajstić information content (AvgIpc) is 3.00. The van der Waals surface area contributed by atoms with Gasteiger partial charge in [0.1, 0.15) is 12.4 Å². The largest absolute Gasteiger partial charge is 0.357 e. The van der Waals surface area contributed by atoms with Crippen LogP contribution in [0.1, 0.15) is 32.8 Å². The van der Waals surface area contributed by atoms with Crippen molar-refractivity contribution in [3.8, 4) is 0 Å². The fourth-order valence-electron chi connectivity index (χ4n) is 3.15. The highest BCUT2D eigenvalue weighted by molar-refractivity contribution is 5.95. The van der Waals surface area contributed by atoms with Crippen LogP contribution in [0.4, 0.5) is 13.2 Å². The molecule has 1 aromatic carbocycles. The number of H-pyrrole nitrogens is 1. The van der Waals surface area contributed by atoms with Crippen molar-refractivity contribution in [2.45, 2.75) is 25.1 Å². The number of likely N-dealkylation sites (tertiary alicyclic amines) is 1. The number of alkyl halides is 3. The SMILES string of the molecule is O=C(NCC1CC(F)(F)CN1C(=O)c1cccc(CF)c1)c1cc(=O)cc[nH]1. The fraction of sp³-hybridized carbons (Fsp3) is 0.316. The third-order valence-corrected chi connectivity index (χ3v) is 4.48. The van der Waals surface area contributed by atoms with Gasteiger partial charge in [0.15, 0.2) is 5.43 Å². The molecule has 2 N–H and O–H groups in total. The lowest BCUT2D eigenvalue weighted by Gasteiger charge is -2.24. The Morgan fingerprint density at radius 2 is 2.04 bits per heavy atom. The Balaban J connectivity index is 1.74. The van der Waals surface area contributed by atoms with E-state index in [1.54, 1.807) is 0 Å². The molecule has 0 spiro atoms. The lowest BCUT2D eigenvalue weighted by Crippen LogP contribution is -2.43. The summed E-state index contributed by atoms with van der Waals surface area (Å²) in [7, 11) is 0. The standard InChI is InChI=1S/C19H18F3N3O3/c20-9-12-2-1-3-13(6-12)18(28)25-11-19(21,22)8-14(25)10-24-17(27)16-7-15(26)4-5-23-16/h1-7,14H,8-11H2,(H,23,26)(H,24,27). The Labute approximate surface area is 158 Å². The highest BCUT2D eigenvalue weighted by atomic mass is 19.3. The summed E-state index contributed by atoms with van der Waals surface area (Å²) in [6.07, 6.45) is 0.696. The van der Waals surface area contributed by atoms with Crippen molar-refractivity contribution in [3.05, 3.63) is 69.6 Å². The zero-order valence-electron chi connectivity index (χ0n) is 14.8. The molecule has 9 heteroatoms. The first-order valence-corrected chi connectivity index (χ1v) is 8.60. The van der Waals surface area contributed by atoms with Crippen LogP contribution in [-0.2, 0) is 6.67 Å². The van der Waals surface area contributed by atoms with Crippen LogP contribution < -0.4 is 10.7 Å². The Bertz CT molecular complexity index is 945. The molecule has 1 saturated heterocycles. The zero-order chi connectivity index (χ0) is 20.3. The van der Waals surface area contributed by atoms with E-state index in [0.29, 0.717) is 0 Å². The maximum absolute atomic E-state index is 14.0. The molecule has 0 saturated carbocycles. The molecule has 28 heavy (non-hydrogen) atoms. The second-order valence-electron chi connectivity index (χ2n) is 6.63. The summed E-state index contributed by atoms with van der Waals surface area (Å²) in [5, 5.41) is 2.47. The van der Waals surface area contributed by atoms with Crippen molar-refractivity contribution in [1.29, 1.82) is 0 Å². The van der Waals surface area contributed by atoms with E-state index in [4.69, 9.17) is 0 Å². The van der Waals surface area contributed by atoms with E-state index in [0.717, 1.165) is 11.0 Å². The molecule has 1 atom stereocenters. The highest BCUT2D eigenvalue weighted by Gasteiger charge is 2.47. The molecule has 148 valence electrons. The van der Waals surface area contributed by atoms with Gasteiger partial charge in [-0.1, -0.05) is 12.1 Å². The molecule has 2 amide bonds. The Morgan fingerprint density at radius 3 is 2.75 bits per heavy atom. The lowest BCUT2D eigenvalue weighted by molar-refractivity contribution is 0.0118. The van der Waals surface area contributed by atoms with E-state index in [9.17, 15) is 27.6 Å². The summed E-state index contributed by atoms with van der Waals surface area (Å²) >= 11 is 0. The Hall–Kier alpha value is -3.10. The van der Waals surface area contributed by atoms with Gasteiger partial charge < -0.3 is 15.2 Å². The molecule has 1 fully saturated rings. The number of nitrogens with zero attached hydrogens (tertiary/aromatic N) is 1. The van der Waals surface area contributed by atoms with Crippen molar-refractivity contribution in [2.24, 2.45) is 0 Å². The summed E-state index contributed by atoms with van der Waals surface area (Å²) in [5.74, 6) is -4.39. The maximum Gasteiger partial charge on any atom is 0.267 e. The van der Waals surface area contributed by atoms with Crippen LogP contribution in [-0.4, -0.2) is 46.8 Å². The van der Waals surface area contributed by atoms with Gasteiger partial charge in [-0.15, -0.1) is 0 Å². The first kappa shape index (κ1) is 19.7. The molecule has 1 aliphatic heterocycles. The molecule has 0 radical (unpaired) electrons. The smallest absolute Gasteiger partial charge is 0.267 e. The number of carbonyl (C=O) groups excluding carboxylic acids is 2. The summed E-state index contributed by atoms with van der Waals surface area (Å²) in [6.45, 7) is -1.76.